The Hall–Kier alpha value is -1.64. The van der Waals surface area contributed by atoms with Gasteiger partial charge in [0.2, 0.25) is 0 Å². The molecular formula is C12H11F2LiO4. The van der Waals surface area contributed by atoms with Gasteiger partial charge in [-0.05, 0) is 19.1 Å². The number of hydrogen-bond acceptors (Lipinski definition) is 4. The molecule has 0 aliphatic carbocycles. The monoisotopic (exact) mass is 264 g/mol. The number of rotatable bonds is 4. The molecular weight excluding hydrogens is 253 g/mol. The Bertz CT molecular complexity index is 494. The van der Waals surface area contributed by atoms with Gasteiger partial charge in [0.15, 0.2) is 0 Å². The van der Waals surface area contributed by atoms with E-state index >= 15 is 0 Å². The number of benzene rings is 1. The number of esters is 1. The summed E-state index contributed by atoms with van der Waals surface area (Å²) in [4.78, 5) is 22.2. The van der Waals surface area contributed by atoms with Crippen LogP contribution in [0.2, 0.25) is 0 Å². The Labute approximate surface area is 120 Å². The predicted molar refractivity (Wildman–Crippen MR) is 65.8 cm³/mol. The second kappa shape index (κ2) is 7.72. The number of aliphatic hydroxyl groups is 1. The first-order chi connectivity index (χ1) is 8.43. The average Bonchev–Trinajstić information content (AvgIpc) is 2.27. The van der Waals surface area contributed by atoms with E-state index < -0.39 is 29.1 Å². The van der Waals surface area contributed by atoms with Crippen molar-refractivity contribution < 1.29 is 28.2 Å². The summed E-state index contributed by atoms with van der Waals surface area (Å²) in [6.45, 7) is 1.52. The molecule has 98 valence electrons. The summed E-state index contributed by atoms with van der Waals surface area (Å²) in [5.41, 5.74) is -0.245. The van der Waals surface area contributed by atoms with E-state index in [0.29, 0.717) is 12.1 Å². The molecule has 1 aromatic carbocycles. The Morgan fingerprint density at radius 2 is 1.79 bits per heavy atom. The van der Waals surface area contributed by atoms with E-state index in [1.165, 1.54) is 6.92 Å². The molecule has 0 radical (unpaired) electrons. The molecule has 1 aromatic rings. The number of aliphatic hydroxyl groups excluding tert-OH is 1. The van der Waals surface area contributed by atoms with E-state index in [9.17, 15) is 23.5 Å². The molecule has 7 heteroatoms. The van der Waals surface area contributed by atoms with Crippen LogP contribution in [0.5, 0.6) is 0 Å². The van der Waals surface area contributed by atoms with Crippen LogP contribution in [-0.2, 0) is 14.3 Å². The summed E-state index contributed by atoms with van der Waals surface area (Å²) >= 11 is 0. The number of halogens is 2. The molecule has 0 amide bonds. The summed E-state index contributed by atoms with van der Waals surface area (Å²) in [5.74, 6) is -4.80. The maximum absolute atomic E-state index is 12.9. The van der Waals surface area contributed by atoms with Crippen molar-refractivity contribution in [3.63, 3.8) is 0 Å². The number of hydrogen-bond donors (Lipinski definition) is 1. The molecule has 0 aliphatic heterocycles. The maximum atomic E-state index is 12.9. The van der Waals surface area contributed by atoms with Gasteiger partial charge in [-0.2, -0.15) is 0 Å². The molecule has 0 aromatic heterocycles. The second-order valence-corrected chi connectivity index (χ2v) is 3.27. The molecule has 0 saturated heterocycles. The topological polar surface area (TPSA) is 63.6 Å². The zero-order valence-electron chi connectivity index (χ0n) is 9.44. The summed E-state index contributed by atoms with van der Waals surface area (Å²) in [6.07, 6.45) is 0.548. The first-order valence-electron chi connectivity index (χ1n) is 5.02. The quantitative estimate of drug-likeness (QED) is 0.293. The molecule has 0 heterocycles. The van der Waals surface area contributed by atoms with Crippen LogP contribution in [0.15, 0.2) is 24.3 Å². The van der Waals surface area contributed by atoms with Gasteiger partial charge in [0, 0.05) is 17.7 Å². The molecule has 0 aliphatic rings. The summed E-state index contributed by atoms with van der Waals surface area (Å²) in [6, 6.07) is 2.27. The van der Waals surface area contributed by atoms with Crippen LogP contribution in [0, 0.1) is 11.6 Å². The van der Waals surface area contributed by atoms with Crippen LogP contribution in [0.4, 0.5) is 8.78 Å². The Balaban J connectivity index is 0.00000324. The fraction of sp³-hybridized carbons (Fsp3) is 0.167. The fourth-order valence-corrected chi connectivity index (χ4v) is 1.17. The fourth-order valence-electron chi connectivity index (χ4n) is 1.17. The van der Waals surface area contributed by atoms with Crippen molar-refractivity contribution in [2.24, 2.45) is 0 Å². The van der Waals surface area contributed by atoms with Crippen molar-refractivity contribution in [3.8, 4) is 0 Å². The molecule has 0 spiro atoms. The number of ether oxygens (including phenoxy) is 1. The van der Waals surface area contributed by atoms with Crippen LogP contribution in [0.1, 0.15) is 12.5 Å². The van der Waals surface area contributed by atoms with Gasteiger partial charge in [0.1, 0.15) is 17.4 Å². The van der Waals surface area contributed by atoms with E-state index in [1.807, 2.05) is 0 Å². The molecule has 0 atom stereocenters. The SMILES string of the molecule is CCOC(=O)C(=O)C=C(O)c1cc(F)cc(F)c1.[LiH]. The zero-order valence-corrected chi connectivity index (χ0v) is 9.44. The molecule has 1 rings (SSSR count). The first kappa shape index (κ1) is 17.4. The van der Waals surface area contributed by atoms with Crippen LogP contribution in [0.25, 0.3) is 5.76 Å². The minimum atomic E-state index is -1.15. The standard InChI is InChI=1S/C12H10F2O4.Li.H/c1-2-18-12(17)11(16)6-10(15)7-3-8(13)5-9(14)4-7;;/h3-6,15H,2H2,1H3;;. The molecule has 0 unspecified atom stereocenters. The van der Waals surface area contributed by atoms with E-state index in [2.05, 4.69) is 4.74 Å². The molecule has 1 N–H and O–H groups in total. The van der Waals surface area contributed by atoms with Crippen molar-refractivity contribution >= 4 is 36.4 Å². The van der Waals surface area contributed by atoms with Crippen LogP contribution < -0.4 is 0 Å². The molecule has 0 bridgehead atoms. The van der Waals surface area contributed by atoms with Crippen LogP contribution in [-0.4, -0.2) is 42.3 Å². The van der Waals surface area contributed by atoms with Crippen molar-refractivity contribution in [2.75, 3.05) is 6.61 Å². The van der Waals surface area contributed by atoms with Gasteiger partial charge in [-0.15, -0.1) is 0 Å². The van der Waals surface area contributed by atoms with Crippen molar-refractivity contribution in [1.82, 2.24) is 0 Å². The van der Waals surface area contributed by atoms with E-state index in [1.54, 1.807) is 0 Å². The van der Waals surface area contributed by atoms with Gasteiger partial charge in [0.05, 0.1) is 6.61 Å². The second-order valence-electron chi connectivity index (χ2n) is 3.27. The van der Waals surface area contributed by atoms with Gasteiger partial charge in [0.25, 0.3) is 5.78 Å². The van der Waals surface area contributed by atoms with E-state index in [-0.39, 0.29) is 31.0 Å². The normalized spacial score (nSPS) is 10.6. The number of carbonyl (C=O) groups is 2. The molecule has 4 nitrogen and oxygen atoms in total. The van der Waals surface area contributed by atoms with Crippen LogP contribution in [0.3, 0.4) is 0 Å². The summed E-state index contributed by atoms with van der Waals surface area (Å²) in [7, 11) is 0. The summed E-state index contributed by atoms with van der Waals surface area (Å²) < 4.78 is 30.1. The van der Waals surface area contributed by atoms with Gasteiger partial charge in [-0.25, -0.2) is 13.6 Å². The minimum absolute atomic E-state index is 0. The molecule has 0 saturated carbocycles. The van der Waals surface area contributed by atoms with Gasteiger partial charge < -0.3 is 9.84 Å². The Morgan fingerprint density at radius 3 is 2.26 bits per heavy atom. The third-order valence-corrected chi connectivity index (χ3v) is 1.90. The third kappa shape index (κ3) is 5.24. The molecule has 0 fully saturated rings. The molecule has 19 heavy (non-hydrogen) atoms. The van der Waals surface area contributed by atoms with Crippen molar-refractivity contribution in [1.29, 1.82) is 0 Å². The summed E-state index contributed by atoms with van der Waals surface area (Å²) in [5, 5.41) is 9.46. The Morgan fingerprint density at radius 1 is 1.26 bits per heavy atom. The van der Waals surface area contributed by atoms with E-state index in [0.717, 1.165) is 12.1 Å². The average molecular weight is 264 g/mol. The Kier molecular flexibility index (Phi) is 7.05. The van der Waals surface area contributed by atoms with Gasteiger partial charge >= 0.3 is 24.8 Å². The van der Waals surface area contributed by atoms with Gasteiger partial charge in [-0.1, -0.05) is 0 Å². The number of ketones is 1. The van der Waals surface area contributed by atoms with E-state index in [4.69, 9.17) is 0 Å². The zero-order chi connectivity index (χ0) is 13.7. The van der Waals surface area contributed by atoms with Crippen molar-refractivity contribution in [3.05, 3.63) is 41.5 Å². The van der Waals surface area contributed by atoms with Crippen LogP contribution >= 0.6 is 0 Å². The first-order valence-corrected chi connectivity index (χ1v) is 5.02. The third-order valence-electron chi connectivity index (χ3n) is 1.90. The number of carbonyl (C=O) groups excluding carboxylic acids is 2. The van der Waals surface area contributed by atoms with Gasteiger partial charge in [-0.3, -0.25) is 4.79 Å². The van der Waals surface area contributed by atoms with Crippen molar-refractivity contribution in [2.45, 2.75) is 6.92 Å². The predicted octanol–water partition coefficient (Wildman–Crippen LogP) is 1.35.